The molecule has 4 nitrogen and oxygen atoms in total. The Bertz CT molecular complexity index is 682. The summed E-state index contributed by atoms with van der Waals surface area (Å²) in [6, 6.07) is 12.7. The van der Waals surface area contributed by atoms with Crippen molar-refractivity contribution in [3.05, 3.63) is 65.5 Å². The number of pyridine rings is 1. The molecular weight excluding hydrogens is 346 g/mol. The monoisotopic (exact) mass is 373 g/mol. The van der Waals surface area contributed by atoms with Gasteiger partial charge in [0.05, 0.1) is 6.42 Å². The van der Waals surface area contributed by atoms with E-state index in [0.29, 0.717) is 19.0 Å². The molecule has 3 rings (SSSR count). The van der Waals surface area contributed by atoms with Gasteiger partial charge in [-0.25, -0.2) is 0 Å². The van der Waals surface area contributed by atoms with E-state index in [1.807, 2.05) is 12.1 Å². The molecule has 1 aliphatic heterocycles. The Morgan fingerprint density at radius 1 is 1.08 bits per heavy atom. The number of halogens is 1. The number of carbonyl (C=O) groups excluding carboxylic acids is 1. The van der Waals surface area contributed by atoms with Gasteiger partial charge in [0.2, 0.25) is 5.91 Å². The number of hydrogen-bond donors (Lipinski definition) is 0. The van der Waals surface area contributed by atoms with Gasteiger partial charge in [0.1, 0.15) is 0 Å². The van der Waals surface area contributed by atoms with Gasteiger partial charge < -0.3 is 9.80 Å². The Kier molecular flexibility index (Phi) is 7.61. The highest BCUT2D eigenvalue weighted by atomic mass is 35.5. The molecular formula is C21H28ClN3O. The summed E-state index contributed by atoms with van der Waals surface area (Å²) in [5.74, 6) is 0.210. The lowest BCUT2D eigenvalue weighted by Crippen LogP contribution is -2.46. The molecule has 2 heterocycles. The third-order valence-electron chi connectivity index (χ3n) is 5.03. The fourth-order valence-electron chi connectivity index (χ4n) is 3.39. The van der Waals surface area contributed by atoms with Gasteiger partial charge >= 0.3 is 0 Å². The lowest BCUT2D eigenvalue weighted by molar-refractivity contribution is -0.134. The highest BCUT2D eigenvalue weighted by molar-refractivity contribution is 5.85. The van der Waals surface area contributed by atoms with E-state index in [0.717, 1.165) is 31.5 Å². The number of amides is 1. The molecule has 0 unspecified atom stereocenters. The fraction of sp³-hybridized carbons (Fsp3) is 0.429. The number of piperidine rings is 1. The van der Waals surface area contributed by atoms with E-state index in [4.69, 9.17) is 0 Å². The maximum Gasteiger partial charge on any atom is 0.227 e. The van der Waals surface area contributed by atoms with E-state index < -0.39 is 0 Å². The van der Waals surface area contributed by atoms with Gasteiger partial charge in [-0.2, -0.15) is 0 Å². The largest absolute Gasteiger partial charge is 0.335 e. The molecule has 0 N–H and O–H groups in total. The highest BCUT2D eigenvalue weighted by Crippen LogP contribution is 2.20. The van der Waals surface area contributed by atoms with Crippen molar-refractivity contribution in [2.24, 2.45) is 0 Å². The van der Waals surface area contributed by atoms with Crippen LogP contribution < -0.4 is 0 Å². The SMILES string of the molecule is Cc1ccc(CN(C(=O)Cc2ccncc2)C2CCN(C)CC2)cc1.Cl. The topological polar surface area (TPSA) is 36.4 Å². The van der Waals surface area contributed by atoms with Gasteiger partial charge in [-0.15, -0.1) is 12.4 Å². The van der Waals surface area contributed by atoms with Crippen LogP contribution in [0.1, 0.15) is 29.5 Å². The van der Waals surface area contributed by atoms with E-state index in [2.05, 4.69) is 53.0 Å². The summed E-state index contributed by atoms with van der Waals surface area (Å²) in [4.78, 5) is 21.5. The van der Waals surface area contributed by atoms with Crippen LogP contribution in [0.25, 0.3) is 0 Å². The molecule has 1 aromatic heterocycles. The fourth-order valence-corrected chi connectivity index (χ4v) is 3.39. The smallest absolute Gasteiger partial charge is 0.227 e. The Morgan fingerprint density at radius 2 is 1.69 bits per heavy atom. The van der Waals surface area contributed by atoms with Crippen LogP contribution in [0.2, 0.25) is 0 Å². The van der Waals surface area contributed by atoms with Gasteiger partial charge in [-0.05, 0) is 63.2 Å². The number of aryl methyl sites for hydroxylation is 1. The average molecular weight is 374 g/mol. The van der Waals surface area contributed by atoms with Crippen LogP contribution in [-0.2, 0) is 17.8 Å². The summed E-state index contributed by atoms with van der Waals surface area (Å²) in [6.07, 6.45) is 6.04. The molecule has 0 bridgehead atoms. The highest BCUT2D eigenvalue weighted by Gasteiger charge is 2.27. The number of likely N-dealkylation sites (tertiary alicyclic amines) is 1. The summed E-state index contributed by atoms with van der Waals surface area (Å²) >= 11 is 0. The van der Waals surface area contributed by atoms with Crippen LogP contribution in [0, 0.1) is 6.92 Å². The van der Waals surface area contributed by atoms with Crippen LogP contribution in [0.3, 0.4) is 0 Å². The third-order valence-corrected chi connectivity index (χ3v) is 5.03. The van der Waals surface area contributed by atoms with Crippen molar-refractivity contribution in [1.82, 2.24) is 14.8 Å². The van der Waals surface area contributed by atoms with E-state index in [9.17, 15) is 4.79 Å². The zero-order valence-electron chi connectivity index (χ0n) is 15.6. The molecule has 26 heavy (non-hydrogen) atoms. The third kappa shape index (κ3) is 5.55. The molecule has 2 aromatic rings. The molecule has 0 atom stereocenters. The minimum absolute atomic E-state index is 0. The Hall–Kier alpha value is -1.91. The van der Waals surface area contributed by atoms with E-state index in [1.54, 1.807) is 12.4 Å². The number of carbonyl (C=O) groups is 1. The van der Waals surface area contributed by atoms with Crippen molar-refractivity contribution in [3.63, 3.8) is 0 Å². The quantitative estimate of drug-likeness (QED) is 0.805. The van der Waals surface area contributed by atoms with Gasteiger partial charge in [-0.3, -0.25) is 9.78 Å². The lowest BCUT2D eigenvalue weighted by atomic mass is 10.0. The minimum Gasteiger partial charge on any atom is -0.335 e. The first-order valence-electron chi connectivity index (χ1n) is 9.04. The number of rotatable bonds is 5. The first-order chi connectivity index (χ1) is 12.1. The van der Waals surface area contributed by atoms with Crippen molar-refractivity contribution < 1.29 is 4.79 Å². The second kappa shape index (κ2) is 9.70. The standard InChI is InChI=1S/C21H27N3O.ClH/c1-17-3-5-19(6-4-17)16-24(20-9-13-23(2)14-10-20)21(25)15-18-7-11-22-12-8-18;/h3-8,11-12,20H,9-10,13-16H2,1-2H3;1H. The molecule has 1 amide bonds. The van der Waals surface area contributed by atoms with E-state index in [1.165, 1.54) is 11.1 Å². The maximum absolute atomic E-state index is 13.1. The maximum atomic E-state index is 13.1. The van der Waals surface area contributed by atoms with E-state index in [-0.39, 0.29) is 18.3 Å². The molecule has 1 fully saturated rings. The first-order valence-corrected chi connectivity index (χ1v) is 9.04. The molecule has 0 saturated carbocycles. The number of benzene rings is 1. The van der Waals surface area contributed by atoms with Crippen LogP contribution in [0.15, 0.2) is 48.8 Å². The zero-order chi connectivity index (χ0) is 17.6. The van der Waals surface area contributed by atoms with Crippen molar-refractivity contribution in [1.29, 1.82) is 0 Å². The van der Waals surface area contributed by atoms with Crippen molar-refractivity contribution in [2.45, 2.75) is 38.8 Å². The van der Waals surface area contributed by atoms with Gasteiger partial charge in [-0.1, -0.05) is 29.8 Å². The predicted molar refractivity (Wildman–Crippen MR) is 107 cm³/mol. The van der Waals surface area contributed by atoms with Crippen LogP contribution in [0.4, 0.5) is 0 Å². The molecule has 0 spiro atoms. The molecule has 1 saturated heterocycles. The lowest BCUT2D eigenvalue weighted by Gasteiger charge is -2.37. The van der Waals surface area contributed by atoms with E-state index >= 15 is 0 Å². The molecule has 1 aromatic carbocycles. The Balaban J connectivity index is 0.00000243. The van der Waals surface area contributed by atoms with Crippen LogP contribution >= 0.6 is 12.4 Å². The van der Waals surface area contributed by atoms with Crippen molar-refractivity contribution in [3.8, 4) is 0 Å². The zero-order valence-corrected chi connectivity index (χ0v) is 16.4. The average Bonchev–Trinajstić information content (AvgIpc) is 2.63. The van der Waals surface area contributed by atoms with Gasteiger partial charge in [0.15, 0.2) is 0 Å². The van der Waals surface area contributed by atoms with Gasteiger partial charge in [0.25, 0.3) is 0 Å². The molecule has 0 radical (unpaired) electrons. The first kappa shape index (κ1) is 20.4. The molecule has 5 heteroatoms. The van der Waals surface area contributed by atoms with Crippen LogP contribution in [0.5, 0.6) is 0 Å². The van der Waals surface area contributed by atoms with Crippen molar-refractivity contribution in [2.75, 3.05) is 20.1 Å². The van der Waals surface area contributed by atoms with Crippen molar-refractivity contribution >= 4 is 18.3 Å². The number of hydrogen-bond acceptors (Lipinski definition) is 3. The summed E-state index contributed by atoms with van der Waals surface area (Å²) < 4.78 is 0. The summed E-state index contributed by atoms with van der Waals surface area (Å²) in [7, 11) is 2.15. The number of aromatic nitrogens is 1. The summed E-state index contributed by atoms with van der Waals surface area (Å²) in [5.41, 5.74) is 3.48. The Labute approximate surface area is 162 Å². The summed E-state index contributed by atoms with van der Waals surface area (Å²) in [5, 5.41) is 0. The molecule has 140 valence electrons. The van der Waals surface area contributed by atoms with Gasteiger partial charge in [0, 0.05) is 25.0 Å². The predicted octanol–water partition coefficient (Wildman–Crippen LogP) is 3.48. The minimum atomic E-state index is 0. The molecule has 0 aliphatic carbocycles. The molecule has 1 aliphatic rings. The normalized spacial score (nSPS) is 15.3. The number of nitrogens with zero attached hydrogens (tertiary/aromatic N) is 3. The second-order valence-corrected chi connectivity index (χ2v) is 7.07. The Morgan fingerprint density at radius 3 is 2.31 bits per heavy atom. The second-order valence-electron chi connectivity index (χ2n) is 7.07. The summed E-state index contributed by atoms with van der Waals surface area (Å²) in [6.45, 7) is 4.89. The van der Waals surface area contributed by atoms with Crippen LogP contribution in [-0.4, -0.2) is 46.9 Å².